The average molecular weight is 341 g/mol. The normalized spacial score (nSPS) is 10.6. The van der Waals surface area contributed by atoms with E-state index in [1.165, 1.54) is 0 Å². The molecule has 0 aliphatic carbocycles. The summed E-state index contributed by atoms with van der Waals surface area (Å²) in [5.41, 5.74) is 0. The van der Waals surface area contributed by atoms with Crippen LogP contribution in [-0.2, 0) is 0 Å². The number of hydrogen-bond acceptors (Lipinski definition) is 2. The zero-order valence-electron chi connectivity index (χ0n) is 8.34. The maximum absolute atomic E-state index is 9.42. The molecule has 82 valence electrons. The molecule has 0 amide bonds. The molecule has 0 saturated carbocycles. The van der Waals surface area contributed by atoms with Crippen molar-refractivity contribution in [1.29, 1.82) is 0 Å². The van der Waals surface area contributed by atoms with Gasteiger partial charge in [0.1, 0.15) is 0 Å². The Balaban J connectivity index is 2.35. The summed E-state index contributed by atoms with van der Waals surface area (Å²) in [4.78, 5) is 0. The van der Waals surface area contributed by atoms with Gasteiger partial charge in [-0.05, 0) is 0 Å². The fourth-order valence-corrected chi connectivity index (χ4v) is 6.24. The van der Waals surface area contributed by atoms with E-state index >= 15 is 0 Å². The molecule has 2 nitrogen and oxygen atoms in total. The molecule has 0 atom stereocenters. The van der Waals surface area contributed by atoms with Gasteiger partial charge >= 0.3 is 106 Å². The van der Waals surface area contributed by atoms with Gasteiger partial charge in [-0.3, -0.25) is 0 Å². The van der Waals surface area contributed by atoms with Crippen molar-refractivity contribution in [3.63, 3.8) is 0 Å². The fourth-order valence-electron chi connectivity index (χ4n) is 1.38. The fraction of sp³-hybridized carbons (Fsp3) is 0. The predicted molar refractivity (Wildman–Crippen MR) is 70.2 cm³/mol. The molecule has 2 aromatic carbocycles. The minimum absolute atomic E-state index is 0.275. The first-order valence-corrected chi connectivity index (χ1v) is 11.0. The van der Waals surface area contributed by atoms with Crippen molar-refractivity contribution in [2.24, 2.45) is 0 Å². The van der Waals surface area contributed by atoms with Crippen LogP contribution in [0.2, 0.25) is 0 Å². The van der Waals surface area contributed by atoms with Crippen LogP contribution in [0, 0.1) is 0 Å². The van der Waals surface area contributed by atoms with Crippen LogP contribution >= 0.6 is 13.9 Å². The molecule has 0 heterocycles. The second kappa shape index (κ2) is 4.94. The van der Waals surface area contributed by atoms with Crippen LogP contribution in [0.3, 0.4) is 0 Å². The molecular weight excluding hydrogens is 331 g/mol. The third-order valence-corrected chi connectivity index (χ3v) is 9.44. The first-order valence-electron chi connectivity index (χ1n) is 4.71. The first-order chi connectivity index (χ1) is 7.66. The van der Waals surface area contributed by atoms with Gasteiger partial charge in [0.25, 0.3) is 0 Å². The van der Waals surface area contributed by atoms with Gasteiger partial charge in [-0.25, -0.2) is 0 Å². The van der Waals surface area contributed by atoms with Crippen molar-refractivity contribution >= 4 is 35.4 Å². The standard InChI is InChI=1S/C12H10AsBrO2/c14-13(9-3-1-5-11(15)7-9)10-4-2-6-12(16)8-10/h1-8,15-16H. The summed E-state index contributed by atoms with van der Waals surface area (Å²) >= 11 is 2.13. The number of halogens is 1. The van der Waals surface area contributed by atoms with E-state index in [1.807, 2.05) is 24.3 Å². The van der Waals surface area contributed by atoms with Crippen LogP contribution in [0.15, 0.2) is 48.5 Å². The Morgan fingerprint density at radius 2 is 1.25 bits per heavy atom. The zero-order valence-corrected chi connectivity index (χ0v) is 11.8. The Kier molecular flexibility index (Phi) is 3.57. The first kappa shape index (κ1) is 11.6. The van der Waals surface area contributed by atoms with Crippen molar-refractivity contribution < 1.29 is 10.2 Å². The van der Waals surface area contributed by atoms with Gasteiger partial charge in [0.2, 0.25) is 0 Å². The third-order valence-electron chi connectivity index (χ3n) is 2.11. The summed E-state index contributed by atoms with van der Waals surface area (Å²) in [6, 6.07) is 14.5. The number of benzene rings is 2. The molecule has 4 heteroatoms. The second-order valence-electron chi connectivity index (χ2n) is 3.32. The molecule has 0 unspecified atom stereocenters. The Bertz CT molecular complexity index is 456. The van der Waals surface area contributed by atoms with Gasteiger partial charge in [-0.15, -0.1) is 0 Å². The Morgan fingerprint density at radius 1 is 0.812 bits per heavy atom. The molecule has 0 aliphatic heterocycles. The van der Waals surface area contributed by atoms with Crippen LogP contribution in [0.4, 0.5) is 0 Å². The number of phenolic OH excluding ortho intramolecular Hbond substituents is 2. The summed E-state index contributed by atoms with van der Waals surface area (Å²) < 4.78 is 2.19. The molecule has 0 bridgehead atoms. The van der Waals surface area contributed by atoms with Crippen LogP contribution < -0.4 is 8.70 Å². The molecule has 0 fully saturated rings. The van der Waals surface area contributed by atoms with E-state index in [4.69, 9.17) is 0 Å². The number of aromatic hydroxyl groups is 2. The molecule has 0 saturated heterocycles. The molecule has 0 aliphatic rings. The summed E-state index contributed by atoms with van der Waals surface area (Å²) in [7, 11) is 0. The monoisotopic (exact) mass is 340 g/mol. The van der Waals surface area contributed by atoms with E-state index in [2.05, 4.69) is 13.9 Å². The molecule has 0 spiro atoms. The molecule has 2 rings (SSSR count). The average Bonchev–Trinajstić information content (AvgIpc) is 2.28. The van der Waals surface area contributed by atoms with E-state index in [1.54, 1.807) is 24.3 Å². The van der Waals surface area contributed by atoms with Gasteiger partial charge in [-0.1, -0.05) is 0 Å². The molecule has 2 N–H and O–H groups in total. The van der Waals surface area contributed by atoms with Gasteiger partial charge in [0.05, 0.1) is 0 Å². The number of hydrogen-bond donors (Lipinski definition) is 2. The van der Waals surface area contributed by atoms with Gasteiger partial charge < -0.3 is 0 Å². The topological polar surface area (TPSA) is 40.5 Å². The van der Waals surface area contributed by atoms with E-state index in [-0.39, 0.29) is 11.5 Å². The van der Waals surface area contributed by atoms with E-state index in [0.717, 1.165) is 8.70 Å². The third kappa shape index (κ3) is 2.60. The summed E-state index contributed by atoms with van der Waals surface area (Å²) in [6.45, 7) is 0. The van der Waals surface area contributed by atoms with Gasteiger partial charge in [0.15, 0.2) is 0 Å². The van der Waals surface area contributed by atoms with Crippen LogP contribution in [-0.4, -0.2) is 23.0 Å². The summed E-state index contributed by atoms with van der Waals surface area (Å²) in [5.74, 6) is 0.549. The van der Waals surface area contributed by atoms with E-state index < -0.39 is 12.8 Å². The van der Waals surface area contributed by atoms with Gasteiger partial charge in [0, 0.05) is 0 Å². The van der Waals surface area contributed by atoms with Crippen LogP contribution in [0.5, 0.6) is 11.5 Å². The van der Waals surface area contributed by atoms with Gasteiger partial charge in [-0.2, -0.15) is 0 Å². The van der Waals surface area contributed by atoms with E-state index in [9.17, 15) is 10.2 Å². The van der Waals surface area contributed by atoms with Crippen LogP contribution in [0.1, 0.15) is 0 Å². The predicted octanol–water partition coefficient (Wildman–Crippen LogP) is 1.60. The molecule has 2 aromatic rings. The van der Waals surface area contributed by atoms with Crippen molar-refractivity contribution in [3.05, 3.63) is 48.5 Å². The molecule has 16 heavy (non-hydrogen) atoms. The maximum atomic E-state index is 9.42. The van der Waals surface area contributed by atoms with Crippen LogP contribution in [0.25, 0.3) is 0 Å². The molecule has 0 radical (unpaired) electrons. The quantitative estimate of drug-likeness (QED) is 0.815. The van der Waals surface area contributed by atoms with Crippen molar-refractivity contribution in [2.75, 3.05) is 0 Å². The zero-order chi connectivity index (χ0) is 11.5. The number of rotatable bonds is 2. The SMILES string of the molecule is Oc1cccc([As](Br)c2cccc(O)c2)c1. The minimum atomic E-state index is -1.55. The van der Waals surface area contributed by atoms with Crippen molar-refractivity contribution in [1.82, 2.24) is 0 Å². The Labute approximate surface area is 105 Å². The second-order valence-corrected chi connectivity index (χ2v) is 10.4. The molecule has 0 aromatic heterocycles. The summed E-state index contributed by atoms with van der Waals surface area (Å²) in [5, 5.41) is 18.8. The van der Waals surface area contributed by atoms with Crippen molar-refractivity contribution in [2.45, 2.75) is 0 Å². The Morgan fingerprint density at radius 3 is 1.62 bits per heavy atom. The van der Waals surface area contributed by atoms with Crippen molar-refractivity contribution in [3.8, 4) is 11.5 Å². The van der Waals surface area contributed by atoms with E-state index in [0.29, 0.717) is 0 Å². The number of phenols is 2. The molecular formula is C12H10AsBrO2. The summed E-state index contributed by atoms with van der Waals surface area (Å²) in [6.07, 6.45) is 0. The Hall–Kier alpha value is -0.922.